The van der Waals surface area contributed by atoms with Crippen LogP contribution in [0.3, 0.4) is 0 Å². The number of primary amides is 1. The molecule has 5 nitrogen and oxygen atoms in total. The number of urea groups is 1. The molecule has 0 radical (unpaired) electrons. The molecule has 108 valence electrons. The summed E-state index contributed by atoms with van der Waals surface area (Å²) in [5.41, 5.74) is 7.58. The van der Waals surface area contributed by atoms with Gasteiger partial charge in [0.1, 0.15) is 0 Å². The summed E-state index contributed by atoms with van der Waals surface area (Å²) < 4.78 is 0. The number of anilines is 2. The molecule has 0 aliphatic rings. The molecule has 0 aliphatic heterocycles. The second kappa shape index (κ2) is 6.28. The number of halogens is 1. The number of hydrogen-bond acceptors (Lipinski definition) is 2. The Morgan fingerprint density at radius 3 is 2.33 bits per heavy atom. The Hall–Kier alpha value is -2.53. The molecule has 0 bridgehead atoms. The smallest absolute Gasteiger partial charge is 0.316 e. The van der Waals surface area contributed by atoms with Gasteiger partial charge in [-0.1, -0.05) is 17.7 Å². The van der Waals surface area contributed by atoms with Gasteiger partial charge in [-0.25, -0.2) is 4.79 Å². The average molecular weight is 304 g/mol. The molecule has 2 aromatic carbocycles. The molecule has 0 saturated heterocycles. The van der Waals surface area contributed by atoms with Gasteiger partial charge in [0.25, 0.3) is 5.91 Å². The highest BCUT2D eigenvalue weighted by Gasteiger charge is 2.08. The molecule has 4 N–H and O–H groups in total. The first-order chi connectivity index (χ1) is 9.95. The fourth-order valence-corrected chi connectivity index (χ4v) is 1.94. The van der Waals surface area contributed by atoms with Crippen molar-refractivity contribution in [3.05, 3.63) is 58.6 Å². The van der Waals surface area contributed by atoms with Crippen LogP contribution in [0.15, 0.2) is 42.5 Å². The zero-order valence-corrected chi connectivity index (χ0v) is 12.1. The second-order valence-corrected chi connectivity index (χ2v) is 4.92. The van der Waals surface area contributed by atoms with E-state index in [9.17, 15) is 9.59 Å². The summed E-state index contributed by atoms with van der Waals surface area (Å²) in [4.78, 5) is 22.9. The van der Waals surface area contributed by atoms with E-state index in [1.54, 1.807) is 36.4 Å². The van der Waals surface area contributed by atoms with E-state index < -0.39 is 6.03 Å². The van der Waals surface area contributed by atoms with Crippen molar-refractivity contribution in [3.8, 4) is 0 Å². The maximum atomic E-state index is 12.1. The molecule has 0 unspecified atom stereocenters. The van der Waals surface area contributed by atoms with Gasteiger partial charge in [-0.15, -0.1) is 0 Å². The fraction of sp³-hybridized carbons (Fsp3) is 0.0667. The standard InChI is InChI=1S/C15H14ClN3O2/c1-9-2-5-11(16)8-13(9)19-14(20)10-3-6-12(7-4-10)18-15(17)21/h2-8H,1H3,(H,19,20)(H3,17,18,21). The van der Waals surface area contributed by atoms with Crippen molar-refractivity contribution in [2.75, 3.05) is 10.6 Å². The third-order valence-corrected chi connectivity index (χ3v) is 3.10. The molecule has 21 heavy (non-hydrogen) atoms. The summed E-state index contributed by atoms with van der Waals surface area (Å²) in [6.07, 6.45) is 0. The van der Waals surface area contributed by atoms with Gasteiger partial charge in [0.15, 0.2) is 0 Å². The van der Waals surface area contributed by atoms with Crippen LogP contribution in [0.1, 0.15) is 15.9 Å². The molecule has 3 amide bonds. The van der Waals surface area contributed by atoms with Crippen molar-refractivity contribution in [1.29, 1.82) is 0 Å². The van der Waals surface area contributed by atoms with Crippen LogP contribution in [0, 0.1) is 6.92 Å². The van der Waals surface area contributed by atoms with Gasteiger partial charge in [-0.2, -0.15) is 0 Å². The Morgan fingerprint density at radius 2 is 1.71 bits per heavy atom. The zero-order valence-electron chi connectivity index (χ0n) is 11.3. The number of amides is 3. The van der Waals surface area contributed by atoms with Crippen molar-refractivity contribution in [2.24, 2.45) is 5.73 Å². The van der Waals surface area contributed by atoms with Gasteiger partial charge in [0.05, 0.1) is 0 Å². The van der Waals surface area contributed by atoms with Crippen molar-refractivity contribution >= 4 is 34.9 Å². The molecule has 0 saturated carbocycles. The van der Waals surface area contributed by atoms with Gasteiger partial charge in [-0.05, 0) is 48.9 Å². The Bertz CT molecular complexity index is 684. The van der Waals surface area contributed by atoms with Gasteiger partial charge in [-0.3, -0.25) is 4.79 Å². The number of benzene rings is 2. The number of aryl methyl sites for hydroxylation is 1. The lowest BCUT2D eigenvalue weighted by molar-refractivity contribution is 0.102. The topological polar surface area (TPSA) is 84.2 Å². The summed E-state index contributed by atoms with van der Waals surface area (Å²) >= 11 is 5.91. The molecule has 0 atom stereocenters. The van der Waals surface area contributed by atoms with E-state index in [1.807, 2.05) is 13.0 Å². The summed E-state index contributed by atoms with van der Waals surface area (Å²) in [7, 11) is 0. The summed E-state index contributed by atoms with van der Waals surface area (Å²) in [6, 6.07) is 11.0. The minimum Gasteiger partial charge on any atom is -0.351 e. The predicted molar refractivity (Wildman–Crippen MR) is 83.8 cm³/mol. The molecule has 0 spiro atoms. The van der Waals surface area contributed by atoms with E-state index in [-0.39, 0.29) is 5.91 Å². The first-order valence-electron chi connectivity index (χ1n) is 6.20. The van der Waals surface area contributed by atoms with E-state index in [4.69, 9.17) is 17.3 Å². The molecule has 0 aromatic heterocycles. The van der Waals surface area contributed by atoms with E-state index in [2.05, 4.69) is 10.6 Å². The molecule has 2 rings (SSSR count). The third-order valence-electron chi connectivity index (χ3n) is 2.86. The number of nitrogens with two attached hydrogens (primary N) is 1. The van der Waals surface area contributed by atoms with Crippen LogP contribution in [-0.4, -0.2) is 11.9 Å². The maximum Gasteiger partial charge on any atom is 0.316 e. The molecule has 0 fully saturated rings. The average Bonchev–Trinajstić information content (AvgIpc) is 2.43. The van der Waals surface area contributed by atoms with Crippen LogP contribution in [0.4, 0.5) is 16.2 Å². The van der Waals surface area contributed by atoms with Crippen LogP contribution in [0.2, 0.25) is 5.02 Å². The summed E-state index contributed by atoms with van der Waals surface area (Å²) in [6.45, 7) is 1.88. The number of hydrogen-bond donors (Lipinski definition) is 3. The Kier molecular flexibility index (Phi) is 4.45. The van der Waals surface area contributed by atoms with Gasteiger partial charge in [0.2, 0.25) is 0 Å². The molecule has 2 aromatic rings. The Balaban J connectivity index is 2.13. The predicted octanol–water partition coefficient (Wildman–Crippen LogP) is 3.39. The monoisotopic (exact) mass is 303 g/mol. The van der Waals surface area contributed by atoms with Crippen LogP contribution >= 0.6 is 11.6 Å². The van der Waals surface area contributed by atoms with E-state index in [0.29, 0.717) is 22.0 Å². The first kappa shape index (κ1) is 14.9. The van der Waals surface area contributed by atoms with Gasteiger partial charge >= 0.3 is 6.03 Å². The van der Waals surface area contributed by atoms with Crippen LogP contribution in [0.5, 0.6) is 0 Å². The summed E-state index contributed by atoms with van der Waals surface area (Å²) in [5, 5.41) is 5.77. The highest BCUT2D eigenvalue weighted by Crippen LogP contribution is 2.21. The highest BCUT2D eigenvalue weighted by molar-refractivity contribution is 6.31. The minimum absolute atomic E-state index is 0.258. The number of rotatable bonds is 3. The van der Waals surface area contributed by atoms with E-state index in [1.165, 1.54) is 0 Å². The summed E-state index contributed by atoms with van der Waals surface area (Å²) in [5.74, 6) is -0.258. The van der Waals surface area contributed by atoms with Gasteiger partial charge < -0.3 is 16.4 Å². The van der Waals surface area contributed by atoms with Crippen LogP contribution < -0.4 is 16.4 Å². The van der Waals surface area contributed by atoms with E-state index in [0.717, 1.165) is 5.56 Å². The lowest BCUT2D eigenvalue weighted by Gasteiger charge is -2.09. The van der Waals surface area contributed by atoms with Crippen molar-refractivity contribution in [3.63, 3.8) is 0 Å². The van der Waals surface area contributed by atoms with Crippen LogP contribution in [0.25, 0.3) is 0 Å². The molecular weight excluding hydrogens is 290 g/mol. The number of carbonyl (C=O) groups excluding carboxylic acids is 2. The minimum atomic E-state index is -0.651. The fourth-order valence-electron chi connectivity index (χ4n) is 1.77. The zero-order chi connectivity index (χ0) is 15.4. The SMILES string of the molecule is Cc1ccc(Cl)cc1NC(=O)c1ccc(NC(N)=O)cc1. The molecule has 0 heterocycles. The molecular formula is C15H14ClN3O2. The van der Waals surface area contributed by atoms with Crippen LogP contribution in [-0.2, 0) is 0 Å². The van der Waals surface area contributed by atoms with E-state index >= 15 is 0 Å². The number of nitrogens with one attached hydrogen (secondary N) is 2. The first-order valence-corrected chi connectivity index (χ1v) is 6.57. The van der Waals surface area contributed by atoms with Gasteiger partial charge in [0, 0.05) is 22.0 Å². The Morgan fingerprint density at radius 1 is 1.05 bits per heavy atom. The number of carbonyl (C=O) groups is 2. The molecule has 6 heteroatoms. The lowest BCUT2D eigenvalue weighted by Crippen LogP contribution is -2.19. The Labute approximate surface area is 127 Å². The second-order valence-electron chi connectivity index (χ2n) is 4.48. The lowest BCUT2D eigenvalue weighted by atomic mass is 10.1. The van der Waals surface area contributed by atoms with Crippen molar-refractivity contribution in [2.45, 2.75) is 6.92 Å². The highest BCUT2D eigenvalue weighted by atomic mass is 35.5. The third kappa shape index (κ3) is 3.97. The van der Waals surface area contributed by atoms with Crippen molar-refractivity contribution in [1.82, 2.24) is 0 Å². The normalized spacial score (nSPS) is 10.0. The maximum absolute atomic E-state index is 12.1. The largest absolute Gasteiger partial charge is 0.351 e. The quantitative estimate of drug-likeness (QED) is 0.812. The van der Waals surface area contributed by atoms with Crippen molar-refractivity contribution < 1.29 is 9.59 Å². The molecule has 0 aliphatic carbocycles.